The zero-order valence-corrected chi connectivity index (χ0v) is 11.7. The second kappa shape index (κ2) is 5.31. The third-order valence-corrected chi connectivity index (χ3v) is 3.78. The van der Waals surface area contributed by atoms with Gasteiger partial charge in [0.05, 0.1) is 17.2 Å². The molecule has 102 valence electrons. The van der Waals surface area contributed by atoms with Crippen LogP contribution in [0.15, 0.2) is 29.3 Å². The summed E-state index contributed by atoms with van der Waals surface area (Å²) < 4.78 is 1.75. The summed E-state index contributed by atoms with van der Waals surface area (Å²) in [4.78, 5) is 16.8. The molecule has 1 saturated carbocycles. The van der Waals surface area contributed by atoms with Crippen LogP contribution in [-0.2, 0) is 0 Å². The van der Waals surface area contributed by atoms with Crippen LogP contribution >= 0.6 is 12.4 Å². The summed E-state index contributed by atoms with van der Waals surface area (Å²) in [6.07, 6.45) is 4.51. The quantitative estimate of drug-likeness (QED) is 0.870. The fourth-order valence-corrected chi connectivity index (χ4v) is 2.75. The Labute approximate surface area is 118 Å². The minimum atomic E-state index is 0. The van der Waals surface area contributed by atoms with E-state index in [0.717, 1.165) is 30.3 Å². The Hall–Kier alpha value is -1.39. The lowest BCUT2D eigenvalue weighted by atomic mass is 10.1. The van der Waals surface area contributed by atoms with Crippen molar-refractivity contribution < 1.29 is 0 Å². The Morgan fingerprint density at radius 2 is 2.16 bits per heavy atom. The highest BCUT2D eigenvalue weighted by Gasteiger charge is 2.24. The van der Waals surface area contributed by atoms with Gasteiger partial charge in [-0.1, -0.05) is 6.07 Å². The van der Waals surface area contributed by atoms with E-state index in [2.05, 4.69) is 4.98 Å². The first kappa shape index (κ1) is 14.0. The molecule has 19 heavy (non-hydrogen) atoms. The average molecular weight is 280 g/mol. The highest BCUT2D eigenvalue weighted by molar-refractivity contribution is 5.85. The van der Waals surface area contributed by atoms with E-state index in [4.69, 9.17) is 5.73 Å². The maximum atomic E-state index is 12.4. The summed E-state index contributed by atoms with van der Waals surface area (Å²) in [6.45, 7) is 2.00. The number of halogens is 1. The second-order valence-electron chi connectivity index (χ2n) is 5.20. The minimum absolute atomic E-state index is 0. The van der Waals surface area contributed by atoms with E-state index in [1.807, 2.05) is 25.1 Å². The SMILES string of the molecule is Cc1ccc2c(=O)n([C@@H]3CC[C@@H](N)C3)cnc2c1.Cl. The minimum Gasteiger partial charge on any atom is -0.328 e. The van der Waals surface area contributed by atoms with Crippen LogP contribution in [0.25, 0.3) is 10.9 Å². The van der Waals surface area contributed by atoms with Crippen LogP contribution in [0.5, 0.6) is 0 Å². The molecule has 1 aromatic carbocycles. The molecule has 5 heteroatoms. The first-order valence-electron chi connectivity index (χ1n) is 6.38. The zero-order valence-electron chi connectivity index (χ0n) is 10.9. The van der Waals surface area contributed by atoms with Crippen LogP contribution in [0.3, 0.4) is 0 Å². The first-order valence-corrected chi connectivity index (χ1v) is 6.38. The van der Waals surface area contributed by atoms with Gasteiger partial charge in [-0.3, -0.25) is 9.36 Å². The Morgan fingerprint density at radius 1 is 1.37 bits per heavy atom. The number of nitrogens with two attached hydrogens (primary N) is 1. The van der Waals surface area contributed by atoms with Gasteiger partial charge in [-0.2, -0.15) is 0 Å². The monoisotopic (exact) mass is 279 g/mol. The summed E-state index contributed by atoms with van der Waals surface area (Å²) in [5, 5.41) is 0.698. The van der Waals surface area contributed by atoms with Crippen molar-refractivity contribution in [3.05, 3.63) is 40.4 Å². The number of hydrogen-bond acceptors (Lipinski definition) is 3. The van der Waals surface area contributed by atoms with Gasteiger partial charge in [0, 0.05) is 12.1 Å². The van der Waals surface area contributed by atoms with E-state index in [9.17, 15) is 4.79 Å². The van der Waals surface area contributed by atoms with Crippen LogP contribution in [-0.4, -0.2) is 15.6 Å². The van der Waals surface area contributed by atoms with Crippen molar-refractivity contribution >= 4 is 23.3 Å². The number of aryl methyl sites for hydroxylation is 1. The molecule has 0 spiro atoms. The highest BCUT2D eigenvalue weighted by atomic mass is 35.5. The lowest BCUT2D eigenvalue weighted by molar-refractivity contribution is 0.491. The van der Waals surface area contributed by atoms with Gasteiger partial charge >= 0.3 is 0 Å². The van der Waals surface area contributed by atoms with Crippen molar-refractivity contribution in [3.8, 4) is 0 Å². The Morgan fingerprint density at radius 3 is 2.84 bits per heavy atom. The molecule has 3 rings (SSSR count). The lowest BCUT2D eigenvalue weighted by Gasteiger charge is -2.13. The van der Waals surface area contributed by atoms with Gasteiger partial charge in [0.1, 0.15) is 0 Å². The largest absolute Gasteiger partial charge is 0.328 e. The molecule has 4 nitrogen and oxygen atoms in total. The van der Waals surface area contributed by atoms with Gasteiger partial charge in [-0.05, 0) is 43.9 Å². The molecule has 0 unspecified atom stereocenters. The molecule has 0 aliphatic heterocycles. The van der Waals surface area contributed by atoms with Gasteiger partial charge in [0.2, 0.25) is 0 Å². The molecule has 1 aromatic heterocycles. The average Bonchev–Trinajstić information content (AvgIpc) is 2.76. The summed E-state index contributed by atoms with van der Waals surface area (Å²) in [5.41, 5.74) is 7.86. The molecule has 0 saturated heterocycles. The number of aromatic nitrogens is 2. The molecule has 2 atom stereocenters. The van der Waals surface area contributed by atoms with Gasteiger partial charge < -0.3 is 5.73 Å². The smallest absolute Gasteiger partial charge is 0.261 e. The first-order chi connectivity index (χ1) is 8.65. The normalized spacial score (nSPS) is 22.4. The van der Waals surface area contributed by atoms with E-state index < -0.39 is 0 Å². The van der Waals surface area contributed by atoms with Crippen molar-refractivity contribution in [3.63, 3.8) is 0 Å². The van der Waals surface area contributed by atoms with Gasteiger partial charge in [0.15, 0.2) is 0 Å². The van der Waals surface area contributed by atoms with Crippen LogP contribution in [0.2, 0.25) is 0 Å². The van der Waals surface area contributed by atoms with E-state index in [0.29, 0.717) is 5.39 Å². The molecule has 0 bridgehead atoms. The zero-order chi connectivity index (χ0) is 12.7. The maximum absolute atomic E-state index is 12.4. The van der Waals surface area contributed by atoms with Crippen LogP contribution in [0.1, 0.15) is 30.9 Å². The molecule has 1 fully saturated rings. The lowest BCUT2D eigenvalue weighted by Crippen LogP contribution is -2.25. The van der Waals surface area contributed by atoms with Crippen molar-refractivity contribution in [1.29, 1.82) is 0 Å². The molecule has 1 aliphatic carbocycles. The highest BCUT2D eigenvalue weighted by Crippen LogP contribution is 2.27. The van der Waals surface area contributed by atoms with Crippen molar-refractivity contribution in [1.82, 2.24) is 9.55 Å². The van der Waals surface area contributed by atoms with Crippen LogP contribution in [0, 0.1) is 6.92 Å². The molecule has 2 aromatic rings. The number of benzene rings is 1. The maximum Gasteiger partial charge on any atom is 0.261 e. The fraction of sp³-hybridized carbons (Fsp3) is 0.429. The summed E-state index contributed by atoms with van der Waals surface area (Å²) in [6, 6.07) is 6.20. The van der Waals surface area contributed by atoms with Crippen LogP contribution < -0.4 is 11.3 Å². The van der Waals surface area contributed by atoms with Crippen molar-refractivity contribution in [2.24, 2.45) is 5.73 Å². The molecule has 1 heterocycles. The Bertz CT molecular complexity index is 653. The third-order valence-electron chi connectivity index (χ3n) is 3.78. The number of fused-ring (bicyclic) bond motifs is 1. The molecule has 1 aliphatic rings. The van der Waals surface area contributed by atoms with E-state index in [-0.39, 0.29) is 30.0 Å². The predicted molar refractivity (Wildman–Crippen MR) is 78.9 cm³/mol. The molecule has 2 N–H and O–H groups in total. The fourth-order valence-electron chi connectivity index (χ4n) is 2.75. The second-order valence-corrected chi connectivity index (χ2v) is 5.20. The van der Waals surface area contributed by atoms with E-state index >= 15 is 0 Å². The van der Waals surface area contributed by atoms with Gasteiger partial charge in [0.25, 0.3) is 5.56 Å². The summed E-state index contributed by atoms with van der Waals surface area (Å²) in [7, 11) is 0. The number of nitrogens with zero attached hydrogens (tertiary/aromatic N) is 2. The summed E-state index contributed by atoms with van der Waals surface area (Å²) in [5.74, 6) is 0. The van der Waals surface area contributed by atoms with Gasteiger partial charge in [-0.25, -0.2) is 4.98 Å². The topological polar surface area (TPSA) is 60.9 Å². The van der Waals surface area contributed by atoms with Crippen LogP contribution in [0.4, 0.5) is 0 Å². The molecular formula is C14H18ClN3O. The van der Waals surface area contributed by atoms with Gasteiger partial charge in [-0.15, -0.1) is 12.4 Å². The van der Waals surface area contributed by atoms with E-state index in [1.165, 1.54) is 0 Å². The van der Waals surface area contributed by atoms with E-state index in [1.54, 1.807) is 10.9 Å². The molecule has 0 radical (unpaired) electrons. The number of hydrogen-bond donors (Lipinski definition) is 1. The third kappa shape index (κ3) is 2.51. The molecular weight excluding hydrogens is 262 g/mol. The number of rotatable bonds is 1. The Balaban J connectivity index is 0.00000133. The predicted octanol–water partition coefficient (Wildman–Crippen LogP) is 2.18. The van der Waals surface area contributed by atoms with Crippen molar-refractivity contribution in [2.75, 3.05) is 0 Å². The standard InChI is InChI=1S/C14H17N3O.ClH/c1-9-2-5-12-13(6-9)16-8-17(14(12)18)11-4-3-10(15)7-11;/h2,5-6,8,10-11H,3-4,7,15H2,1H3;1H/t10-,11-;/m1./s1. The van der Waals surface area contributed by atoms with Crippen molar-refractivity contribution in [2.45, 2.75) is 38.3 Å². The summed E-state index contributed by atoms with van der Waals surface area (Å²) >= 11 is 0. The Kier molecular flexibility index (Phi) is 3.92. The molecule has 0 amide bonds.